The van der Waals surface area contributed by atoms with E-state index in [0.717, 1.165) is 64.3 Å². The van der Waals surface area contributed by atoms with Crippen LogP contribution in [0.1, 0.15) is 84.5 Å². The molecular weight excluding hydrogens is 404 g/mol. The van der Waals surface area contributed by atoms with Gasteiger partial charge < -0.3 is 26.5 Å². The number of aliphatic imine (C=N–C) groups is 1. The molecule has 4 rings (SSSR count). The van der Waals surface area contributed by atoms with Crippen LogP contribution in [-0.2, 0) is 4.84 Å². The van der Waals surface area contributed by atoms with Crippen molar-refractivity contribution in [3.8, 4) is 0 Å². The number of fused-ring (bicyclic) bond motifs is 5. The first-order valence-electron chi connectivity index (χ1n) is 13.0. The van der Waals surface area contributed by atoms with Crippen LogP contribution >= 0.6 is 0 Å². The maximum Gasteiger partial charge on any atom is 0.185 e. The van der Waals surface area contributed by atoms with Gasteiger partial charge in [-0.25, -0.2) is 5.48 Å². The molecule has 0 bridgehead atoms. The maximum absolute atomic E-state index is 12.2. The zero-order valence-electron chi connectivity index (χ0n) is 20.2. The van der Waals surface area contributed by atoms with Gasteiger partial charge in [0, 0.05) is 18.5 Å². The fourth-order valence-electron chi connectivity index (χ4n) is 8.37. The number of aliphatic hydroxyl groups is 2. The van der Waals surface area contributed by atoms with Gasteiger partial charge in [-0.05, 0) is 99.7 Å². The summed E-state index contributed by atoms with van der Waals surface area (Å²) in [5, 5.41) is 22.4. The van der Waals surface area contributed by atoms with Crippen LogP contribution in [0.3, 0.4) is 0 Å². The highest BCUT2D eigenvalue weighted by atomic mass is 16.6. The quantitative estimate of drug-likeness (QED) is 0.167. The van der Waals surface area contributed by atoms with Crippen LogP contribution in [0.2, 0.25) is 0 Å². The van der Waals surface area contributed by atoms with Gasteiger partial charge in [-0.1, -0.05) is 13.8 Å². The van der Waals surface area contributed by atoms with Crippen LogP contribution in [0.5, 0.6) is 0 Å². The van der Waals surface area contributed by atoms with E-state index in [9.17, 15) is 10.2 Å². The van der Waals surface area contributed by atoms with Crippen LogP contribution < -0.4 is 16.9 Å². The number of hydrogen-bond acceptors (Lipinski definition) is 5. The molecular formula is C25H46N4O3. The maximum atomic E-state index is 12.2. The Balaban J connectivity index is 1.32. The van der Waals surface area contributed by atoms with E-state index >= 15 is 0 Å². The van der Waals surface area contributed by atoms with Crippen LogP contribution in [0.25, 0.3) is 0 Å². The molecule has 0 radical (unpaired) electrons. The van der Waals surface area contributed by atoms with Crippen molar-refractivity contribution in [2.24, 2.45) is 51.0 Å². The number of nitrogens with zero attached hydrogens (tertiary/aromatic N) is 1. The summed E-state index contributed by atoms with van der Waals surface area (Å²) in [5.41, 5.74) is 13.6. The van der Waals surface area contributed by atoms with E-state index in [1.807, 2.05) is 0 Å². The van der Waals surface area contributed by atoms with Crippen molar-refractivity contribution in [1.82, 2.24) is 5.48 Å². The molecule has 184 valence electrons. The van der Waals surface area contributed by atoms with Gasteiger partial charge in [0.25, 0.3) is 0 Å². The molecule has 0 heterocycles. The minimum Gasteiger partial charge on any atom is -0.393 e. The number of hydroxylamine groups is 1. The highest BCUT2D eigenvalue weighted by Crippen LogP contribution is 2.68. The molecule has 0 aromatic carbocycles. The van der Waals surface area contributed by atoms with Crippen molar-refractivity contribution in [2.75, 3.05) is 19.7 Å². The van der Waals surface area contributed by atoms with Crippen molar-refractivity contribution in [3.63, 3.8) is 0 Å². The van der Waals surface area contributed by atoms with E-state index in [2.05, 4.69) is 24.3 Å². The van der Waals surface area contributed by atoms with Gasteiger partial charge in [0.2, 0.25) is 0 Å². The van der Waals surface area contributed by atoms with Crippen LogP contribution in [0.15, 0.2) is 4.99 Å². The molecule has 0 aromatic heterocycles. The van der Waals surface area contributed by atoms with Crippen molar-refractivity contribution in [1.29, 1.82) is 0 Å². The summed E-state index contributed by atoms with van der Waals surface area (Å²) in [6.45, 7) is 6.90. The Kier molecular flexibility index (Phi) is 7.12. The zero-order valence-corrected chi connectivity index (χ0v) is 20.2. The van der Waals surface area contributed by atoms with E-state index in [1.165, 1.54) is 12.8 Å². The zero-order chi connectivity index (χ0) is 23.0. The summed E-state index contributed by atoms with van der Waals surface area (Å²) in [4.78, 5) is 9.69. The van der Waals surface area contributed by atoms with Gasteiger partial charge in [-0.15, -0.1) is 0 Å². The first kappa shape index (κ1) is 24.2. The molecule has 7 heteroatoms. The molecule has 0 amide bonds. The molecule has 0 aromatic rings. The number of hydrogen-bond donors (Lipinski definition) is 5. The van der Waals surface area contributed by atoms with Gasteiger partial charge in [0.1, 0.15) is 0 Å². The van der Waals surface area contributed by atoms with E-state index in [0.29, 0.717) is 36.8 Å². The Morgan fingerprint density at radius 1 is 1.03 bits per heavy atom. The monoisotopic (exact) mass is 450 g/mol. The normalized spacial score (nSPS) is 45.6. The van der Waals surface area contributed by atoms with Gasteiger partial charge in [0.05, 0.1) is 18.3 Å². The number of unbranched alkanes of at least 4 members (excludes halogenated alkanes) is 1. The number of nitrogens with two attached hydrogens (primary N) is 2. The molecule has 7 nitrogen and oxygen atoms in total. The lowest BCUT2D eigenvalue weighted by Crippen LogP contribution is -2.62. The van der Waals surface area contributed by atoms with Crippen LogP contribution in [-0.4, -0.2) is 47.6 Å². The van der Waals surface area contributed by atoms with Gasteiger partial charge >= 0.3 is 0 Å². The Morgan fingerprint density at radius 3 is 2.62 bits per heavy atom. The standard InChI is InChI=1S/C25H46N4O3/c1-23-10-8-19(30)15-17(23)5-6-21-20(23)9-11-24(2)18(7-12-25(21,24)31)16-29-32-14-4-3-13-28-22(26)27/h17-21,29-31H,3-16H2,1-2H3,(H4,26,27,28)/t17?,18?,19?,20-,21-,23+,24-,25-/m1/s1. The molecule has 3 unspecified atom stereocenters. The predicted octanol–water partition coefficient (Wildman–Crippen LogP) is 2.70. The summed E-state index contributed by atoms with van der Waals surface area (Å²) in [6.07, 6.45) is 11.3. The second-order valence-electron chi connectivity index (χ2n) is 11.7. The first-order chi connectivity index (χ1) is 15.2. The Hall–Kier alpha value is -0.890. The fraction of sp³-hybridized carbons (Fsp3) is 0.960. The number of guanidine groups is 1. The molecule has 7 N–H and O–H groups in total. The number of aliphatic hydroxyl groups excluding tert-OH is 1. The second kappa shape index (κ2) is 9.40. The van der Waals surface area contributed by atoms with Gasteiger partial charge in [0.15, 0.2) is 5.96 Å². The summed E-state index contributed by atoms with van der Waals surface area (Å²) in [6, 6.07) is 0. The summed E-state index contributed by atoms with van der Waals surface area (Å²) < 4.78 is 0. The summed E-state index contributed by atoms with van der Waals surface area (Å²) >= 11 is 0. The lowest BCUT2D eigenvalue weighted by molar-refractivity contribution is -0.211. The highest BCUT2D eigenvalue weighted by molar-refractivity contribution is 5.75. The molecule has 32 heavy (non-hydrogen) atoms. The van der Waals surface area contributed by atoms with Crippen molar-refractivity contribution in [2.45, 2.75) is 96.2 Å². The third-order valence-corrected chi connectivity index (χ3v) is 10.4. The largest absolute Gasteiger partial charge is 0.393 e. The number of nitrogens with one attached hydrogen (secondary N) is 1. The Labute approximate surface area is 193 Å². The lowest BCUT2D eigenvalue weighted by atomic mass is 9.43. The van der Waals surface area contributed by atoms with Gasteiger partial charge in [-0.2, -0.15) is 0 Å². The molecule has 4 saturated carbocycles. The third-order valence-electron chi connectivity index (χ3n) is 10.4. The summed E-state index contributed by atoms with van der Waals surface area (Å²) in [5.74, 6) is 2.21. The second-order valence-corrected chi connectivity index (χ2v) is 11.7. The summed E-state index contributed by atoms with van der Waals surface area (Å²) in [7, 11) is 0. The Morgan fingerprint density at radius 2 is 1.84 bits per heavy atom. The SMILES string of the molecule is C[C@]12CCC(O)CC1CC[C@@H]1[C@H]2CC[C@]2(C)C(CNOCCCCN=C(N)N)CC[C@@]12O. The lowest BCUT2D eigenvalue weighted by Gasteiger charge is -2.63. The molecule has 4 aliphatic rings. The van der Waals surface area contributed by atoms with Crippen LogP contribution in [0.4, 0.5) is 0 Å². The number of rotatable bonds is 8. The Bertz CT molecular complexity index is 686. The topological polar surface area (TPSA) is 126 Å². The van der Waals surface area contributed by atoms with E-state index in [1.54, 1.807) is 0 Å². The average molecular weight is 451 g/mol. The molecule has 0 saturated heterocycles. The molecule has 4 aliphatic carbocycles. The molecule has 0 spiro atoms. The van der Waals surface area contributed by atoms with Crippen molar-refractivity contribution < 1.29 is 15.1 Å². The van der Waals surface area contributed by atoms with Crippen molar-refractivity contribution in [3.05, 3.63) is 0 Å². The van der Waals surface area contributed by atoms with Crippen molar-refractivity contribution >= 4 is 5.96 Å². The third kappa shape index (κ3) is 4.19. The minimum atomic E-state index is -0.563. The van der Waals surface area contributed by atoms with Gasteiger partial charge in [-0.3, -0.25) is 4.99 Å². The predicted molar refractivity (Wildman–Crippen MR) is 127 cm³/mol. The average Bonchev–Trinajstić information content (AvgIpc) is 3.01. The smallest absolute Gasteiger partial charge is 0.185 e. The first-order valence-corrected chi connectivity index (χ1v) is 13.0. The fourth-order valence-corrected chi connectivity index (χ4v) is 8.37. The minimum absolute atomic E-state index is 0.0464. The molecule has 8 atom stereocenters. The molecule has 0 aliphatic heterocycles. The van der Waals surface area contributed by atoms with E-state index in [4.69, 9.17) is 16.3 Å². The molecule has 4 fully saturated rings. The highest BCUT2D eigenvalue weighted by Gasteiger charge is 2.66. The van der Waals surface area contributed by atoms with E-state index < -0.39 is 5.60 Å². The van der Waals surface area contributed by atoms with E-state index in [-0.39, 0.29) is 22.9 Å². The van der Waals surface area contributed by atoms with Crippen LogP contribution in [0, 0.1) is 34.5 Å².